The molecular weight excluding hydrogens is 320 g/mol. The number of pyridine rings is 1. The lowest BCUT2D eigenvalue weighted by atomic mass is 10.2. The minimum absolute atomic E-state index is 0.134. The number of benzene rings is 1. The topological polar surface area (TPSA) is 78.7 Å². The highest BCUT2D eigenvalue weighted by Crippen LogP contribution is 2.22. The molecular formula is C18H14N4OS. The Morgan fingerprint density at radius 1 is 1.21 bits per heavy atom. The lowest BCUT2D eigenvalue weighted by Crippen LogP contribution is -2.13. The molecule has 0 radical (unpaired) electrons. The number of aromatic nitrogens is 2. The molecule has 1 N–H and O–H groups in total. The fourth-order valence-corrected chi connectivity index (χ4v) is 3.00. The minimum atomic E-state index is -0.134. The summed E-state index contributed by atoms with van der Waals surface area (Å²) >= 11 is 1.52. The van der Waals surface area contributed by atoms with Gasteiger partial charge in [0.05, 0.1) is 22.6 Å². The summed E-state index contributed by atoms with van der Waals surface area (Å²) in [5, 5.41) is 14.6. The summed E-state index contributed by atoms with van der Waals surface area (Å²) in [5.41, 5.74) is 2.69. The SMILES string of the molecule is N#Cc1ccccc1NC(=O)CCc1csc(-c2ccccn2)n1. The fraction of sp³-hybridized carbons (Fsp3) is 0.111. The molecule has 3 aromatic rings. The molecule has 24 heavy (non-hydrogen) atoms. The Labute approximate surface area is 143 Å². The van der Waals surface area contributed by atoms with E-state index >= 15 is 0 Å². The highest BCUT2D eigenvalue weighted by molar-refractivity contribution is 7.13. The number of anilines is 1. The van der Waals surface area contributed by atoms with Gasteiger partial charge in [0.1, 0.15) is 11.1 Å². The van der Waals surface area contributed by atoms with Gasteiger partial charge in [0.25, 0.3) is 0 Å². The Kier molecular flexibility index (Phi) is 4.94. The number of nitriles is 1. The number of rotatable bonds is 5. The van der Waals surface area contributed by atoms with Gasteiger partial charge in [-0.15, -0.1) is 11.3 Å². The predicted molar refractivity (Wildman–Crippen MR) is 93.5 cm³/mol. The van der Waals surface area contributed by atoms with Crippen LogP contribution in [-0.2, 0) is 11.2 Å². The number of carbonyl (C=O) groups is 1. The van der Waals surface area contributed by atoms with Crippen molar-refractivity contribution in [2.75, 3.05) is 5.32 Å². The molecule has 5 nitrogen and oxygen atoms in total. The molecule has 0 atom stereocenters. The molecule has 0 saturated carbocycles. The maximum absolute atomic E-state index is 12.1. The molecule has 0 aliphatic heterocycles. The number of thiazole rings is 1. The lowest BCUT2D eigenvalue weighted by molar-refractivity contribution is -0.116. The Morgan fingerprint density at radius 3 is 2.83 bits per heavy atom. The zero-order chi connectivity index (χ0) is 16.8. The zero-order valence-electron chi connectivity index (χ0n) is 12.8. The molecule has 0 fully saturated rings. The van der Waals surface area contributed by atoms with Gasteiger partial charge in [-0.25, -0.2) is 4.98 Å². The van der Waals surface area contributed by atoms with Gasteiger partial charge < -0.3 is 5.32 Å². The number of para-hydroxylation sites is 1. The normalized spacial score (nSPS) is 10.1. The van der Waals surface area contributed by atoms with Crippen LogP contribution in [0.3, 0.4) is 0 Å². The van der Waals surface area contributed by atoms with Crippen LogP contribution in [0.25, 0.3) is 10.7 Å². The standard InChI is InChI=1S/C18H14N4OS/c19-11-13-5-1-2-6-15(13)22-17(23)9-8-14-12-24-18(21-14)16-7-3-4-10-20-16/h1-7,10,12H,8-9H2,(H,22,23). The maximum atomic E-state index is 12.1. The van der Waals surface area contributed by atoms with E-state index in [4.69, 9.17) is 5.26 Å². The molecule has 0 saturated heterocycles. The molecule has 2 aromatic heterocycles. The van der Waals surface area contributed by atoms with Gasteiger partial charge in [-0.05, 0) is 30.7 Å². The summed E-state index contributed by atoms with van der Waals surface area (Å²) in [4.78, 5) is 20.9. The van der Waals surface area contributed by atoms with Crippen molar-refractivity contribution >= 4 is 22.9 Å². The van der Waals surface area contributed by atoms with Crippen molar-refractivity contribution in [2.45, 2.75) is 12.8 Å². The van der Waals surface area contributed by atoms with Crippen molar-refractivity contribution in [3.8, 4) is 16.8 Å². The molecule has 0 aliphatic rings. The van der Waals surface area contributed by atoms with Crippen molar-refractivity contribution in [3.63, 3.8) is 0 Å². The van der Waals surface area contributed by atoms with Crippen LogP contribution in [0.1, 0.15) is 17.7 Å². The van der Waals surface area contributed by atoms with E-state index in [1.807, 2.05) is 23.6 Å². The first kappa shape index (κ1) is 15.8. The number of hydrogen-bond acceptors (Lipinski definition) is 5. The Hall–Kier alpha value is -3.04. The first-order chi connectivity index (χ1) is 11.8. The molecule has 1 aromatic carbocycles. The third kappa shape index (κ3) is 3.83. The van der Waals surface area contributed by atoms with Gasteiger partial charge >= 0.3 is 0 Å². The molecule has 118 valence electrons. The van der Waals surface area contributed by atoms with Gasteiger partial charge in [0.15, 0.2) is 0 Å². The average Bonchev–Trinajstić information content (AvgIpc) is 3.10. The predicted octanol–water partition coefficient (Wildman–Crippen LogP) is 3.65. The van der Waals surface area contributed by atoms with E-state index in [0.29, 0.717) is 24.1 Å². The van der Waals surface area contributed by atoms with E-state index < -0.39 is 0 Å². The van der Waals surface area contributed by atoms with E-state index in [-0.39, 0.29) is 5.91 Å². The first-order valence-corrected chi connectivity index (χ1v) is 8.29. The van der Waals surface area contributed by atoms with Crippen molar-refractivity contribution in [1.29, 1.82) is 5.26 Å². The van der Waals surface area contributed by atoms with Crippen LogP contribution in [0.2, 0.25) is 0 Å². The smallest absolute Gasteiger partial charge is 0.224 e. The largest absolute Gasteiger partial charge is 0.325 e. The third-order valence-electron chi connectivity index (χ3n) is 3.37. The molecule has 0 spiro atoms. The van der Waals surface area contributed by atoms with E-state index in [9.17, 15) is 4.79 Å². The van der Waals surface area contributed by atoms with Gasteiger partial charge in [0.2, 0.25) is 5.91 Å². The fourth-order valence-electron chi connectivity index (χ4n) is 2.17. The Morgan fingerprint density at radius 2 is 2.04 bits per heavy atom. The first-order valence-electron chi connectivity index (χ1n) is 7.41. The molecule has 0 bridgehead atoms. The molecule has 1 amide bonds. The number of aryl methyl sites for hydroxylation is 1. The van der Waals surface area contributed by atoms with Crippen LogP contribution in [0.15, 0.2) is 54.0 Å². The van der Waals surface area contributed by atoms with Crippen LogP contribution in [0.5, 0.6) is 0 Å². The summed E-state index contributed by atoms with van der Waals surface area (Å²) < 4.78 is 0. The molecule has 6 heteroatoms. The molecule has 3 rings (SSSR count). The van der Waals surface area contributed by atoms with Crippen molar-refractivity contribution < 1.29 is 4.79 Å². The maximum Gasteiger partial charge on any atom is 0.224 e. The third-order valence-corrected chi connectivity index (χ3v) is 4.28. The van der Waals surface area contributed by atoms with Crippen LogP contribution >= 0.6 is 11.3 Å². The van der Waals surface area contributed by atoms with Crippen molar-refractivity contribution in [2.24, 2.45) is 0 Å². The van der Waals surface area contributed by atoms with Crippen LogP contribution in [0.4, 0.5) is 5.69 Å². The molecule has 0 unspecified atom stereocenters. The van der Waals surface area contributed by atoms with Gasteiger partial charge in [-0.3, -0.25) is 9.78 Å². The van der Waals surface area contributed by atoms with E-state index in [1.54, 1.807) is 30.5 Å². The van der Waals surface area contributed by atoms with Gasteiger partial charge in [0, 0.05) is 18.0 Å². The van der Waals surface area contributed by atoms with E-state index in [0.717, 1.165) is 16.4 Å². The summed E-state index contributed by atoms with van der Waals surface area (Å²) in [7, 11) is 0. The van der Waals surface area contributed by atoms with Crippen LogP contribution in [0, 0.1) is 11.3 Å². The average molecular weight is 334 g/mol. The van der Waals surface area contributed by atoms with Crippen molar-refractivity contribution in [1.82, 2.24) is 9.97 Å². The Balaban J connectivity index is 1.59. The van der Waals surface area contributed by atoms with Gasteiger partial charge in [-0.2, -0.15) is 5.26 Å². The summed E-state index contributed by atoms with van der Waals surface area (Å²) in [6.45, 7) is 0. The Bertz CT molecular complexity index is 883. The zero-order valence-corrected chi connectivity index (χ0v) is 13.6. The highest BCUT2D eigenvalue weighted by Gasteiger charge is 2.09. The van der Waals surface area contributed by atoms with Gasteiger partial charge in [-0.1, -0.05) is 18.2 Å². The van der Waals surface area contributed by atoms with E-state index in [1.165, 1.54) is 11.3 Å². The summed E-state index contributed by atoms with van der Waals surface area (Å²) in [5.74, 6) is -0.134. The van der Waals surface area contributed by atoms with Crippen LogP contribution in [-0.4, -0.2) is 15.9 Å². The summed E-state index contributed by atoms with van der Waals surface area (Å²) in [6, 6.07) is 14.7. The second kappa shape index (κ2) is 7.49. The lowest BCUT2D eigenvalue weighted by Gasteiger charge is -2.05. The van der Waals surface area contributed by atoms with Crippen LogP contribution < -0.4 is 5.32 Å². The second-order valence-electron chi connectivity index (χ2n) is 5.06. The molecule has 2 heterocycles. The quantitative estimate of drug-likeness (QED) is 0.772. The summed E-state index contributed by atoms with van der Waals surface area (Å²) in [6.07, 6.45) is 2.59. The number of nitrogens with one attached hydrogen (secondary N) is 1. The van der Waals surface area contributed by atoms with E-state index in [2.05, 4.69) is 21.4 Å². The minimum Gasteiger partial charge on any atom is -0.325 e. The number of nitrogens with zero attached hydrogens (tertiary/aromatic N) is 3. The number of amides is 1. The monoisotopic (exact) mass is 334 g/mol. The second-order valence-corrected chi connectivity index (χ2v) is 5.92. The number of hydrogen-bond donors (Lipinski definition) is 1. The van der Waals surface area contributed by atoms with Crippen molar-refractivity contribution in [3.05, 3.63) is 65.3 Å². The number of carbonyl (C=O) groups excluding carboxylic acids is 1. The highest BCUT2D eigenvalue weighted by atomic mass is 32.1. The molecule has 0 aliphatic carbocycles.